The van der Waals surface area contributed by atoms with Crippen LogP contribution in [0, 0.1) is 11.8 Å². The Hall–Kier alpha value is -0.260. The van der Waals surface area contributed by atoms with Crippen molar-refractivity contribution in [3.63, 3.8) is 0 Å². The van der Waals surface area contributed by atoms with E-state index in [0.717, 1.165) is 11.8 Å². The highest BCUT2D eigenvalue weighted by Crippen LogP contribution is 2.25. The van der Waals surface area contributed by atoms with Gasteiger partial charge in [0, 0.05) is 0 Å². The van der Waals surface area contributed by atoms with Crippen LogP contribution in [0.4, 0.5) is 0 Å². The van der Waals surface area contributed by atoms with Gasteiger partial charge in [-0.15, -0.1) is 0 Å². The molecule has 0 aliphatic heterocycles. The SMILES string of the molecule is CC(C)C1CCC=CCCC1. The maximum Gasteiger partial charge on any atom is -0.0348 e. The van der Waals surface area contributed by atoms with E-state index in [9.17, 15) is 0 Å². The second-order valence-corrected chi connectivity index (χ2v) is 3.98. The Morgan fingerprint density at radius 3 is 2.55 bits per heavy atom. The van der Waals surface area contributed by atoms with Crippen LogP contribution < -0.4 is 0 Å². The summed E-state index contributed by atoms with van der Waals surface area (Å²) in [5, 5.41) is 0. The zero-order chi connectivity index (χ0) is 8.10. The first-order valence-corrected chi connectivity index (χ1v) is 4.95. The van der Waals surface area contributed by atoms with Crippen LogP contribution in [0.25, 0.3) is 0 Å². The van der Waals surface area contributed by atoms with Crippen LogP contribution in [0.1, 0.15) is 46.0 Å². The van der Waals surface area contributed by atoms with Crippen molar-refractivity contribution in [1.29, 1.82) is 0 Å². The fourth-order valence-corrected chi connectivity index (χ4v) is 1.85. The molecule has 0 aromatic carbocycles. The molecule has 11 heavy (non-hydrogen) atoms. The van der Waals surface area contributed by atoms with Gasteiger partial charge in [0.15, 0.2) is 0 Å². The molecule has 1 unspecified atom stereocenters. The molecule has 0 aromatic heterocycles. The van der Waals surface area contributed by atoms with Gasteiger partial charge in [0.2, 0.25) is 0 Å². The molecular formula is C11H20. The van der Waals surface area contributed by atoms with Gasteiger partial charge in [0.1, 0.15) is 0 Å². The summed E-state index contributed by atoms with van der Waals surface area (Å²) in [6, 6.07) is 0. The molecule has 1 aliphatic rings. The van der Waals surface area contributed by atoms with Gasteiger partial charge in [0.25, 0.3) is 0 Å². The Balaban J connectivity index is 2.35. The lowest BCUT2D eigenvalue weighted by atomic mass is 9.85. The zero-order valence-corrected chi connectivity index (χ0v) is 7.84. The number of allylic oxidation sites excluding steroid dienone is 2. The summed E-state index contributed by atoms with van der Waals surface area (Å²) in [5.74, 6) is 1.88. The van der Waals surface area contributed by atoms with Crippen LogP contribution in [-0.2, 0) is 0 Å². The van der Waals surface area contributed by atoms with Crippen molar-refractivity contribution >= 4 is 0 Å². The average molecular weight is 152 g/mol. The second-order valence-electron chi connectivity index (χ2n) is 3.98. The molecule has 0 amide bonds. The highest BCUT2D eigenvalue weighted by Gasteiger charge is 2.12. The molecule has 1 atom stereocenters. The van der Waals surface area contributed by atoms with E-state index in [4.69, 9.17) is 0 Å². The van der Waals surface area contributed by atoms with E-state index < -0.39 is 0 Å². The quantitative estimate of drug-likeness (QED) is 0.502. The Morgan fingerprint density at radius 2 is 1.82 bits per heavy atom. The highest BCUT2D eigenvalue weighted by atomic mass is 14.2. The molecule has 0 fully saturated rings. The lowest BCUT2D eigenvalue weighted by Gasteiger charge is -2.20. The van der Waals surface area contributed by atoms with E-state index in [1.807, 2.05) is 0 Å². The third-order valence-corrected chi connectivity index (χ3v) is 2.76. The van der Waals surface area contributed by atoms with Gasteiger partial charge >= 0.3 is 0 Å². The summed E-state index contributed by atoms with van der Waals surface area (Å²) in [5.41, 5.74) is 0. The molecule has 0 bridgehead atoms. The molecule has 0 spiro atoms. The highest BCUT2D eigenvalue weighted by molar-refractivity contribution is 4.85. The predicted molar refractivity (Wildman–Crippen MR) is 50.6 cm³/mol. The molecule has 0 N–H and O–H groups in total. The van der Waals surface area contributed by atoms with Crippen molar-refractivity contribution < 1.29 is 0 Å². The van der Waals surface area contributed by atoms with Crippen LogP contribution >= 0.6 is 0 Å². The first kappa shape index (κ1) is 8.83. The van der Waals surface area contributed by atoms with E-state index in [-0.39, 0.29) is 0 Å². The second kappa shape index (κ2) is 4.58. The van der Waals surface area contributed by atoms with Crippen molar-refractivity contribution in [2.24, 2.45) is 11.8 Å². The van der Waals surface area contributed by atoms with Gasteiger partial charge < -0.3 is 0 Å². The Morgan fingerprint density at radius 1 is 1.09 bits per heavy atom. The minimum atomic E-state index is 0.890. The first-order valence-electron chi connectivity index (χ1n) is 4.95. The largest absolute Gasteiger partial charge is 0.0885 e. The Labute approximate surface area is 70.7 Å². The van der Waals surface area contributed by atoms with Crippen molar-refractivity contribution in [1.82, 2.24) is 0 Å². The molecule has 0 heteroatoms. The number of rotatable bonds is 1. The molecule has 0 aromatic rings. The summed E-state index contributed by atoms with van der Waals surface area (Å²) in [6.45, 7) is 4.71. The molecule has 1 aliphatic carbocycles. The standard InChI is InChI=1S/C11H20/c1-10(2)11-8-6-4-3-5-7-9-11/h3-4,10-11H,5-9H2,1-2H3. The molecule has 0 saturated heterocycles. The lowest BCUT2D eigenvalue weighted by Crippen LogP contribution is -2.09. The smallest absolute Gasteiger partial charge is 0.0348 e. The molecule has 0 radical (unpaired) electrons. The van der Waals surface area contributed by atoms with Crippen LogP contribution in [0.5, 0.6) is 0 Å². The van der Waals surface area contributed by atoms with Crippen molar-refractivity contribution in [2.75, 3.05) is 0 Å². The van der Waals surface area contributed by atoms with E-state index in [2.05, 4.69) is 26.0 Å². The summed E-state index contributed by atoms with van der Waals surface area (Å²) < 4.78 is 0. The van der Waals surface area contributed by atoms with Gasteiger partial charge in [-0.1, -0.05) is 26.0 Å². The van der Waals surface area contributed by atoms with Crippen molar-refractivity contribution in [3.05, 3.63) is 12.2 Å². The summed E-state index contributed by atoms with van der Waals surface area (Å²) in [7, 11) is 0. The summed E-state index contributed by atoms with van der Waals surface area (Å²) in [6.07, 6.45) is 11.6. The fourth-order valence-electron chi connectivity index (χ4n) is 1.85. The van der Waals surface area contributed by atoms with Crippen LogP contribution in [0.3, 0.4) is 0 Å². The topological polar surface area (TPSA) is 0 Å². The molecule has 0 heterocycles. The number of hydrogen-bond acceptors (Lipinski definition) is 0. The van der Waals surface area contributed by atoms with Crippen molar-refractivity contribution in [3.8, 4) is 0 Å². The first-order chi connectivity index (χ1) is 5.30. The molecular weight excluding hydrogens is 132 g/mol. The summed E-state index contributed by atoms with van der Waals surface area (Å²) in [4.78, 5) is 0. The summed E-state index contributed by atoms with van der Waals surface area (Å²) >= 11 is 0. The van der Waals surface area contributed by atoms with Gasteiger partial charge in [-0.2, -0.15) is 0 Å². The fraction of sp³-hybridized carbons (Fsp3) is 0.818. The minimum Gasteiger partial charge on any atom is -0.0885 e. The lowest BCUT2D eigenvalue weighted by molar-refractivity contribution is 0.329. The van der Waals surface area contributed by atoms with E-state index >= 15 is 0 Å². The van der Waals surface area contributed by atoms with E-state index in [0.29, 0.717) is 0 Å². The van der Waals surface area contributed by atoms with Gasteiger partial charge in [-0.25, -0.2) is 0 Å². The van der Waals surface area contributed by atoms with Gasteiger partial charge in [-0.05, 0) is 43.9 Å². The monoisotopic (exact) mass is 152 g/mol. The maximum absolute atomic E-state index is 2.36. The molecule has 1 rings (SSSR count). The van der Waals surface area contributed by atoms with E-state index in [1.165, 1.54) is 32.1 Å². The molecule has 0 nitrogen and oxygen atoms in total. The van der Waals surface area contributed by atoms with Crippen LogP contribution in [0.15, 0.2) is 12.2 Å². The van der Waals surface area contributed by atoms with Gasteiger partial charge in [-0.3, -0.25) is 0 Å². The minimum absolute atomic E-state index is 0.890. The third-order valence-electron chi connectivity index (χ3n) is 2.76. The normalized spacial score (nSPS) is 26.6. The Bertz CT molecular complexity index is 122. The van der Waals surface area contributed by atoms with E-state index in [1.54, 1.807) is 0 Å². The maximum atomic E-state index is 2.36. The van der Waals surface area contributed by atoms with Gasteiger partial charge in [0.05, 0.1) is 0 Å². The third kappa shape index (κ3) is 3.09. The number of hydrogen-bond donors (Lipinski definition) is 0. The average Bonchev–Trinajstić information content (AvgIpc) is 1.84. The zero-order valence-electron chi connectivity index (χ0n) is 7.84. The molecule has 0 saturated carbocycles. The Kier molecular flexibility index (Phi) is 3.68. The molecule has 64 valence electrons. The van der Waals surface area contributed by atoms with Crippen molar-refractivity contribution in [2.45, 2.75) is 46.0 Å². The predicted octanol–water partition coefficient (Wildman–Crippen LogP) is 3.78. The van der Waals surface area contributed by atoms with Crippen LogP contribution in [0.2, 0.25) is 0 Å². The van der Waals surface area contributed by atoms with Crippen LogP contribution in [-0.4, -0.2) is 0 Å².